The van der Waals surface area contributed by atoms with E-state index in [0.717, 1.165) is 18.0 Å². The van der Waals surface area contributed by atoms with Crippen LogP contribution in [0.25, 0.3) is 10.9 Å². The lowest BCUT2D eigenvalue weighted by molar-refractivity contribution is 0.418. The fourth-order valence-electron chi connectivity index (χ4n) is 3.50. The van der Waals surface area contributed by atoms with Crippen LogP contribution in [0.2, 0.25) is 0 Å². The van der Waals surface area contributed by atoms with Crippen LogP contribution in [0.15, 0.2) is 29.1 Å². The number of para-hydroxylation sites is 1. The number of benzene rings is 1. The summed E-state index contributed by atoms with van der Waals surface area (Å²) >= 11 is 0. The Balaban J connectivity index is 1.97. The smallest absolute Gasteiger partial charge is 0.260 e. The Morgan fingerprint density at radius 2 is 2.24 bits per heavy atom. The SMILES string of the molecule is CCCC(C)C1CCCN1c1nc2ccccc2c(=O)[nH]1. The highest BCUT2D eigenvalue weighted by molar-refractivity contribution is 5.78. The molecule has 21 heavy (non-hydrogen) atoms. The van der Waals surface area contributed by atoms with Crippen LogP contribution in [0.1, 0.15) is 39.5 Å². The molecule has 2 atom stereocenters. The quantitative estimate of drug-likeness (QED) is 0.937. The molecule has 0 saturated carbocycles. The summed E-state index contributed by atoms with van der Waals surface area (Å²) in [6, 6.07) is 8.04. The highest BCUT2D eigenvalue weighted by Crippen LogP contribution is 2.29. The molecule has 0 bridgehead atoms. The van der Waals surface area contributed by atoms with E-state index in [9.17, 15) is 4.79 Å². The monoisotopic (exact) mass is 285 g/mol. The molecule has 1 N–H and O–H groups in total. The third-order valence-electron chi connectivity index (χ3n) is 4.57. The van der Waals surface area contributed by atoms with Crippen molar-refractivity contribution in [2.24, 2.45) is 5.92 Å². The number of rotatable bonds is 4. The molecule has 0 aliphatic carbocycles. The Hall–Kier alpha value is -1.84. The minimum absolute atomic E-state index is 0.0376. The predicted octanol–water partition coefficient (Wildman–Crippen LogP) is 3.33. The highest BCUT2D eigenvalue weighted by Gasteiger charge is 2.30. The van der Waals surface area contributed by atoms with Crippen LogP contribution in [0.5, 0.6) is 0 Å². The average molecular weight is 285 g/mol. The number of hydrogen-bond donors (Lipinski definition) is 1. The van der Waals surface area contributed by atoms with Crippen molar-refractivity contribution in [3.63, 3.8) is 0 Å². The second-order valence-electron chi connectivity index (χ2n) is 6.08. The summed E-state index contributed by atoms with van der Waals surface area (Å²) in [7, 11) is 0. The maximum atomic E-state index is 12.2. The number of nitrogens with one attached hydrogen (secondary N) is 1. The Morgan fingerprint density at radius 1 is 1.43 bits per heavy atom. The molecule has 0 radical (unpaired) electrons. The largest absolute Gasteiger partial charge is 0.339 e. The van der Waals surface area contributed by atoms with E-state index in [2.05, 4.69) is 28.7 Å². The summed E-state index contributed by atoms with van der Waals surface area (Å²) in [5.74, 6) is 1.37. The normalized spacial score (nSPS) is 20.1. The van der Waals surface area contributed by atoms with Gasteiger partial charge < -0.3 is 4.90 Å². The van der Waals surface area contributed by atoms with Crippen LogP contribution in [-0.4, -0.2) is 22.6 Å². The number of anilines is 1. The second-order valence-corrected chi connectivity index (χ2v) is 6.08. The first-order chi connectivity index (χ1) is 10.2. The van der Waals surface area contributed by atoms with Crippen molar-refractivity contribution >= 4 is 16.9 Å². The van der Waals surface area contributed by atoms with Crippen LogP contribution in [0.3, 0.4) is 0 Å². The van der Waals surface area contributed by atoms with Gasteiger partial charge in [0.05, 0.1) is 10.9 Å². The van der Waals surface area contributed by atoms with Crippen LogP contribution in [0, 0.1) is 5.92 Å². The Labute approximate surface area is 125 Å². The van der Waals surface area contributed by atoms with Gasteiger partial charge in [-0.1, -0.05) is 32.4 Å². The number of aromatic amines is 1. The van der Waals surface area contributed by atoms with E-state index >= 15 is 0 Å². The molecular formula is C17H23N3O. The molecule has 2 heterocycles. The minimum atomic E-state index is -0.0376. The van der Waals surface area contributed by atoms with Gasteiger partial charge in [-0.2, -0.15) is 0 Å². The molecule has 3 rings (SSSR count). The van der Waals surface area contributed by atoms with Gasteiger partial charge >= 0.3 is 0 Å². The third kappa shape index (κ3) is 2.67. The zero-order chi connectivity index (χ0) is 14.8. The first-order valence-electron chi connectivity index (χ1n) is 7.96. The molecule has 2 aromatic rings. The van der Waals surface area contributed by atoms with E-state index in [0.29, 0.717) is 17.3 Å². The van der Waals surface area contributed by atoms with Gasteiger partial charge in [-0.3, -0.25) is 9.78 Å². The van der Waals surface area contributed by atoms with Gasteiger partial charge in [0.25, 0.3) is 5.56 Å². The lowest BCUT2D eigenvalue weighted by Gasteiger charge is -2.30. The van der Waals surface area contributed by atoms with Crippen molar-refractivity contribution in [2.75, 3.05) is 11.4 Å². The molecule has 1 aliphatic heterocycles. The topological polar surface area (TPSA) is 49.0 Å². The Bertz CT molecular complexity index is 679. The highest BCUT2D eigenvalue weighted by atomic mass is 16.1. The number of fused-ring (bicyclic) bond motifs is 1. The maximum Gasteiger partial charge on any atom is 0.260 e. The maximum absolute atomic E-state index is 12.2. The molecule has 112 valence electrons. The van der Waals surface area contributed by atoms with Crippen molar-refractivity contribution in [3.8, 4) is 0 Å². The Kier molecular flexibility index (Phi) is 3.95. The first-order valence-corrected chi connectivity index (χ1v) is 7.96. The Morgan fingerprint density at radius 3 is 3.05 bits per heavy atom. The van der Waals surface area contributed by atoms with Crippen molar-refractivity contribution in [2.45, 2.75) is 45.6 Å². The molecule has 1 aromatic heterocycles. The summed E-state index contributed by atoms with van der Waals surface area (Å²) in [5.41, 5.74) is 0.745. The number of nitrogens with zero attached hydrogens (tertiary/aromatic N) is 2. The van der Waals surface area contributed by atoms with E-state index in [1.807, 2.05) is 24.3 Å². The second kappa shape index (κ2) is 5.88. The molecule has 4 heteroatoms. The van der Waals surface area contributed by atoms with Gasteiger partial charge in [0.15, 0.2) is 0 Å². The molecule has 0 amide bonds. The summed E-state index contributed by atoms with van der Waals surface area (Å²) in [5, 5.41) is 0.665. The van der Waals surface area contributed by atoms with Crippen molar-refractivity contribution in [3.05, 3.63) is 34.6 Å². The molecule has 4 nitrogen and oxygen atoms in total. The molecule has 1 saturated heterocycles. The summed E-state index contributed by atoms with van der Waals surface area (Å²) in [6.45, 7) is 5.53. The van der Waals surface area contributed by atoms with E-state index < -0.39 is 0 Å². The van der Waals surface area contributed by atoms with Crippen molar-refractivity contribution in [1.82, 2.24) is 9.97 Å². The number of hydrogen-bond acceptors (Lipinski definition) is 3. The molecule has 1 aromatic carbocycles. The van der Waals surface area contributed by atoms with Crippen LogP contribution >= 0.6 is 0 Å². The van der Waals surface area contributed by atoms with Crippen LogP contribution < -0.4 is 10.5 Å². The van der Waals surface area contributed by atoms with Gasteiger partial charge in [0, 0.05) is 12.6 Å². The summed E-state index contributed by atoms with van der Waals surface area (Å²) < 4.78 is 0. The van der Waals surface area contributed by atoms with E-state index in [1.54, 1.807) is 0 Å². The van der Waals surface area contributed by atoms with Gasteiger partial charge in [-0.15, -0.1) is 0 Å². The zero-order valence-corrected chi connectivity index (χ0v) is 12.8. The lowest BCUT2D eigenvalue weighted by Crippen LogP contribution is -2.36. The fraction of sp³-hybridized carbons (Fsp3) is 0.529. The summed E-state index contributed by atoms with van der Waals surface area (Å²) in [4.78, 5) is 22.2. The third-order valence-corrected chi connectivity index (χ3v) is 4.57. The van der Waals surface area contributed by atoms with Crippen LogP contribution in [0.4, 0.5) is 5.95 Å². The van der Waals surface area contributed by atoms with Crippen LogP contribution in [-0.2, 0) is 0 Å². The summed E-state index contributed by atoms with van der Waals surface area (Å²) in [6.07, 6.45) is 4.79. The van der Waals surface area contributed by atoms with Gasteiger partial charge in [0.2, 0.25) is 5.95 Å². The minimum Gasteiger partial charge on any atom is -0.339 e. The molecule has 1 fully saturated rings. The molecule has 2 unspecified atom stereocenters. The molecule has 1 aliphatic rings. The zero-order valence-electron chi connectivity index (χ0n) is 12.8. The number of H-pyrrole nitrogens is 1. The predicted molar refractivity (Wildman–Crippen MR) is 86.8 cm³/mol. The van der Waals surface area contributed by atoms with Gasteiger partial charge in [-0.05, 0) is 37.3 Å². The molecule has 0 spiro atoms. The lowest BCUT2D eigenvalue weighted by atomic mass is 9.95. The molecular weight excluding hydrogens is 262 g/mol. The van der Waals surface area contributed by atoms with Crippen molar-refractivity contribution in [1.29, 1.82) is 0 Å². The first kappa shape index (κ1) is 14.1. The number of aromatic nitrogens is 2. The van der Waals surface area contributed by atoms with E-state index in [4.69, 9.17) is 0 Å². The van der Waals surface area contributed by atoms with Crippen molar-refractivity contribution < 1.29 is 0 Å². The van der Waals surface area contributed by atoms with E-state index in [1.165, 1.54) is 25.7 Å². The fourth-order valence-corrected chi connectivity index (χ4v) is 3.50. The van der Waals surface area contributed by atoms with Gasteiger partial charge in [0.1, 0.15) is 0 Å². The standard InChI is InChI=1S/C17H23N3O/c1-3-7-12(2)15-10-6-11-20(15)17-18-14-9-5-4-8-13(14)16(21)19-17/h4-5,8-9,12,15H,3,6-7,10-11H2,1-2H3,(H,18,19,21). The average Bonchev–Trinajstić information content (AvgIpc) is 2.97. The van der Waals surface area contributed by atoms with E-state index in [-0.39, 0.29) is 5.56 Å². The van der Waals surface area contributed by atoms with Gasteiger partial charge in [-0.25, -0.2) is 4.98 Å².